The maximum Gasteiger partial charge on any atom is 0.254 e. The van der Waals surface area contributed by atoms with Gasteiger partial charge in [-0.15, -0.1) is 5.10 Å². The van der Waals surface area contributed by atoms with Crippen LogP contribution in [-0.4, -0.2) is 50.3 Å². The van der Waals surface area contributed by atoms with Crippen LogP contribution in [0.1, 0.15) is 47.4 Å². The summed E-state index contributed by atoms with van der Waals surface area (Å²) in [6.07, 6.45) is 4.72. The second-order valence-corrected chi connectivity index (χ2v) is 7.57. The Hall–Kier alpha value is -1.92. The minimum atomic E-state index is 0.0419. The van der Waals surface area contributed by atoms with E-state index in [9.17, 15) is 4.79 Å². The average Bonchev–Trinajstić information content (AvgIpc) is 2.90. The second kappa shape index (κ2) is 7.76. The number of carbonyl (C=O) groups excluding carboxylic acids is 1. The van der Waals surface area contributed by atoms with Crippen LogP contribution in [0, 0.1) is 0 Å². The van der Waals surface area contributed by atoms with Gasteiger partial charge in [-0.05, 0) is 56.6 Å². The van der Waals surface area contributed by atoms with Gasteiger partial charge in [-0.2, -0.15) is 0 Å². The van der Waals surface area contributed by atoms with Gasteiger partial charge in [-0.1, -0.05) is 23.2 Å². The van der Waals surface area contributed by atoms with Gasteiger partial charge in [0.2, 0.25) is 0 Å². The number of hydrogen-bond acceptors (Lipinski definition) is 4. The van der Waals surface area contributed by atoms with E-state index >= 15 is 0 Å². The number of halogens is 1. The van der Waals surface area contributed by atoms with Crippen molar-refractivity contribution >= 4 is 17.5 Å². The van der Waals surface area contributed by atoms with Crippen LogP contribution in [0.15, 0.2) is 24.3 Å². The molecule has 0 radical (unpaired) electrons. The Bertz CT molecular complexity index is 767. The van der Waals surface area contributed by atoms with Gasteiger partial charge in [0.25, 0.3) is 5.91 Å². The number of amides is 1. The topological polar surface area (TPSA) is 54.3 Å². The van der Waals surface area contributed by atoms with Crippen LogP contribution in [0.2, 0.25) is 5.02 Å². The number of fused-ring (bicyclic) bond motifs is 1. The summed E-state index contributed by atoms with van der Waals surface area (Å²) < 4.78 is 1.98. The molecule has 1 saturated heterocycles. The van der Waals surface area contributed by atoms with Gasteiger partial charge in [0, 0.05) is 30.2 Å². The van der Waals surface area contributed by atoms with Crippen LogP contribution in [0.25, 0.3) is 0 Å². The first kappa shape index (κ1) is 17.5. The fourth-order valence-electron chi connectivity index (χ4n) is 3.79. The van der Waals surface area contributed by atoms with Crippen molar-refractivity contribution in [1.29, 1.82) is 0 Å². The molecule has 26 heavy (non-hydrogen) atoms. The van der Waals surface area contributed by atoms with E-state index in [-0.39, 0.29) is 5.91 Å². The molecule has 4 rings (SSSR count). The summed E-state index contributed by atoms with van der Waals surface area (Å²) in [6.45, 7) is 5.19. The van der Waals surface area contributed by atoms with Crippen molar-refractivity contribution in [2.75, 3.05) is 19.6 Å². The predicted molar refractivity (Wildman–Crippen MR) is 100.0 cm³/mol. The van der Waals surface area contributed by atoms with Gasteiger partial charge in [0.05, 0.1) is 12.2 Å². The molecular weight excluding hydrogens is 350 g/mol. The molecule has 0 saturated carbocycles. The Labute approximate surface area is 158 Å². The summed E-state index contributed by atoms with van der Waals surface area (Å²) >= 11 is 5.94. The third kappa shape index (κ3) is 3.76. The standard InChI is InChI=1S/C19H24ClN5O/c20-16-7-5-15(6-8-16)19(26)24-11-4-12-25-18(14-24)17(21-22-25)13-23-9-2-1-3-10-23/h5-8H,1-4,9-14H2. The molecule has 6 nitrogen and oxygen atoms in total. The molecule has 0 aliphatic carbocycles. The van der Waals surface area contributed by atoms with E-state index in [0.29, 0.717) is 17.1 Å². The Balaban J connectivity index is 1.52. The molecule has 7 heteroatoms. The molecule has 0 unspecified atom stereocenters. The Morgan fingerprint density at radius 1 is 1.00 bits per heavy atom. The smallest absolute Gasteiger partial charge is 0.254 e. The summed E-state index contributed by atoms with van der Waals surface area (Å²) in [5.74, 6) is 0.0419. The van der Waals surface area contributed by atoms with E-state index in [2.05, 4.69) is 15.2 Å². The molecule has 0 spiro atoms. The minimum Gasteiger partial charge on any atom is -0.333 e. The normalized spacial score (nSPS) is 18.4. The number of piperidine rings is 1. The van der Waals surface area contributed by atoms with Crippen molar-refractivity contribution in [3.63, 3.8) is 0 Å². The fourth-order valence-corrected chi connectivity index (χ4v) is 3.92. The molecule has 1 aromatic heterocycles. The van der Waals surface area contributed by atoms with Gasteiger partial charge in [0.1, 0.15) is 5.69 Å². The number of nitrogens with zero attached hydrogens (tertiary/aromatic N) is 5. The molecule has 138 valence electrons. The van der Waals surface area contributed by atoms with E-state index in [4.69, 9.17) is 11.6 Å². The zero-order chi connectivity index (χ0) is 17.9. The lowest BCUT2D eigenvalue weighted by Gasteiger charge is -2.26. The Kier molecular flexibility index (Phi) is 5.22. The highest BCUT2D eigenvalue weighted by atomic mass is 35.5. The first-order chi connectivity index (χ1) is 12.7. The van der Waals surface area contributed by atoms with Gasteiger partial charge in [0.15, 0.2) is 0 Å². The highest BCUT2D eigenvalue weighted by Crippen LogP contribution is 2.20. The number of likely N-dealkylation sites (tertiary alicyclic amines) is 1. The molecule has 2 aliphatic rings. The van der Waals surface area contributed by atoms with Gasteiger partial charge in [-0.25, -0.2) is 4.68 Å². The van der Waals surface area contributed by atoms with Gasteiger partial charge >= 0.3 is 0 Å². The van der Waals surface area contributed by atoms with E-state index in [1.165, 1.54) is 19.3 Å². The van der Waals surface area contributed by atoms with Crippen molar-refractivity contribution < 1.29 is 4.79 Å². The molecule has 2 aromatic rings. The molecule has 1 amide bonds. The van der Waals surface area contributed by atoms with Crippen LogP contribution in [0.3, 0.4) is 0 Å². The van der Waals surface area contributed by atoms with E-state index in [1.807, 2.05) is 9.58 Å². The summed E-state index contributed by atoms with van der Waals surface area (Å²) in [7, 11) is 0. The Morgan fingerprint density at radius 2 is 1.77 bits per heavy atom. The maximum absolute atomic E-state index is 12.9. The maximum atomic E-state index is 12.9. The fraction of sp³-hybridized carbons (Fsp3) is 0.526. The Morgan fingerprint density at radius 3 is 2.54 bits per heavy atom. The molecule has 0 bridgehead atoms. The van der Waals surface area contributed by atoms with Crippen LogP contribution in [-0.2, 0) is 19.6 Å². The van der Waals surface area contributed by atoms with Crippen molar-refractivity contribution in [2.24, 2.45) is 0 Å². The van der Waals surface area contributed by atoms with Crippen LogP contribution < -0.4 is 0 Å². The third-order valence-electron chi connectivity index (χ3n) is 5.26. The average molecular weight is 374 g/mol. The van der Waals surface area contributed by atoms with Crippen molar-refractivity contribution in [3.8, 4) is 0 Å². The summed E-state index contributed by atoms with van der Waals surface area (Å²) in [5, 5.41) is 9.41. The van der Waals surface area contributed by atoms with Crippen molar-refractivity contribution in [2.45, 2.75) is 45.3 Å². The SMILES string of the molecule is O=C(c1ccc(Cl)cc1)N1CCCn2nnc(CN3CCCCC3)c2C1. The second-order valence-electron chi connectivity index (χ2n) is 7.13. The van der Waals surface area contributed by atoms with E-state index < -0.39 is 0 Å². The predicted octanol–water partition coefficient (Wildman–Crippen LogP) is 2.96. The van der Waals surface area contributed by atoms with Gasteiger partial charge < -0.3 is 4.90 Å². The number of aryl methyl sites for hydroxylation is 1. The van der Waals surface area contributed by atoms with Crippen LogP contribution in [0.4, 0.5) is 0 Å². The molecular formula is C19H24ClN5O. The zero-order valence-corrected chi connectivity index (χ0v) is 15.7. The lowest BCUT2D eigenvalue weighted by molar-refractivity contribution is 0.0745. The highest BCUT2D eigenvalue weighted by molar-refractivity contribution is 6.30. The first-order valence-corrected chi connectivity index (χ1v) is 9.77. The number of hydrogen-bond donors (Lipinski definition) is 0. The monoisotopic (exact) mass is 373 g/mol. The van der Waals surface area contributed by atoms with Gasteiger partial charge in [-0.3, -0.25) is 9.69 Å². The first-order valence-electron chi connectivity index (χ1n) is 9.39. The molecule has 0 atom stereocenters. The molecule has 1 fully saturated rings. The summed E-state index contributed by atoms with van der Waals surface area (Å²) in [5.41, 5.74) is 2.77. The van der Waals surface area contributed by atoms with E-state index in [0.717, 1.165) is 50.5 Å². The summed E-state index contributed by atoms with van der Waals surface area (Å²) in [6, 6.07) is 7.11. The zero-order valence-electron chi connectivity index (χ0n) is 14.9. The van der Waals surface area contributed by atoms with Crippen LogP contribution >= 0.6 is 11.6 Å². The van der Waals surface area contributed by atoms with E-state index in [1.54, 1.807) is 24.3 Å². The molecule has 0 N–H and O–H groups in total. The lowest BCUT2D eigenvalue weighted by Crippen LogP contribution is -2.32. The van der Waals surface area contributed by atoms with Crippen molar-refractivity contribution in [1.82, 2.24) is 24.8 Å². The molecule has 1 aromatic carbocycles. The minimum absolute atomic E-state index is 0.0419. The number of aromatic nitrogens is 3. The number of rotatable bonds is 3. The number of benzene rings is 1. The third-order valence-corrected chi connectivity index (χ3v) is 5.51. The largest absolute Gasteiger partial charge is 0.333 e. The summed E-state index contributed by atoms with van der Waals surface area (Å²) in [4.78, 5) is 17.3. The molecule has 3 heterocycles. The highest BCUT2D eigenvalue weighted by Gasteiger charge is 2.25. The molecule has 2 aliphatic heterocycles. The lowest BCUT2D eigenvalue weighted by atomic mass is 10.1. The quantitative estimate of drug-likeness (QED) is 0.830. The van der Waals surface area contributed by atoms with Crippen LogP contribution in [0.5, 0.6) is 0 Å². The van der Waals surface area contributed by atoms with Crippen molar-refractivity contribution in [3.05, 3.63) is 46.2 Å². The number of carbonyl (C=O) groups is 1.